The summed E-state index contributed by atoms with van der Waals surface area (Å²) in [6.07, 6.45) is 7.74. The lowest BCUT2D eigenvalue weighted by atomic mass is 9.80. The van der Waals surface area contributed by atoms with Gasteiger partial charge in [-0.15, -0.1) is 0 Å². The topological polar surface area (TPSA) is 12.0 Å². The Morgan fingerprint density at radius 1 is 1.18 bits per heavy atom. The third kappa shape index (κ3) is 5.33. The van der Waals surface area contributed by atoms with E-state index < -0.39 is 5.92 Å². The lowest BCUT2D eigenvalue weighted by Gasteiger charge is -2.33. The summed E-state index contributed by atoms with van der Waals surface area (Å²) < 4.78 is 26.2. The molecule has 0 radical (unpaired) electrons. The third-order valence-electron chi connectivity index (χ3n) is 4.07. The fraction of sp³-hybridized carbons (Fsp3) is 1.00. The van der Waals surface area contributed by atoms with Crippen LogP contribution in [0.5, 0.6) is 0 Å². The summed E-state index contributed by atoms with van der Waals surface area (Å²) in [6, 6.07) is 0.447. The van der Waals surface area contributed by atoms with Gasteiger partial charge in [-0.1, -0.05) is 32.6 Å². The van der Waals surface area contributed by atoms with E-state index in [2.05, 4.69) is 12.2 Å². The summed E-state index contributed by atoms with van der Waals surface area (Å²) in [6.45, 7) is 2.21. The van der Waals surface area contributed by atoms with Crippen molar-refractivity contribution in [3.8, 4) is 0 Å². The molecular weight excluding hydrogens is 220 g/mol. The molecule has 1 nitrogen and oxygen atoms in total. The van der Waals surface area contributed by atoms with Crippen molar-refractivity contribution >= 4 is 0 Å². The van der Waals surface area contributed by atoms with Gasteiger partial charge in [-0.3, -0.25) is 0 Å². The highest BCUT2D eigenvalue weighted by Crippen LogP contribution is 2.38. The van der Waals surface area contributed by atoms with Crippen LogP contribution < -0.4 is 5.32 Å². The average Bonchev–Trinajstić information content (AvgIpc) is 2.30. The van der Waals surface area contributed by atoms with Gasteiger partial charge in [0.05, 0.1) is 0 Å². The van der Waals surface area contributed by atoms with Crippen molar-refractivity contribution in [2.75, 3.05) is 7.05 Å². The first-order chi connectivity index (χ1) is 8.09. The molecular formula is C14H27F2N. The molecule has 0 bridgehead atoms. The second-order valence-electron chi connectivity index (χ2n) is 5.44. The van der Waals surface area contributed by atoms with E-state index in [4.69, 9.17) is 0 Å². The molecule has 3 heteroatoms. The van der Waals surface area contributed by atoms with E-state index in [-0.39, 0.29) is 12.8 Å². The van der Waals surface area contributed by atoms with E-state index in [0.717, 1.165) is 6.42 Å². The average molecular weight is 247 g/mol. The van der Waals surface area contributed by atoms with Crippen molar-refractivity contribution in [2.45, 2.75) is 76.7 Å². The van der Waals surface area contributed by atoms with Crippen molar-refractivity contribution in [1.82, 2.24) is 5.32 Å². The van der Waals surface area contributed by atoms with Crippen LogP contribution in [0.2, 0.25) is 0 Å². The fourth-order valence-corrected chi connectivity index (χ4v) is 2.87. The van der Waals surface area contributed by atoms with Gasteiger partial charge < -0.3 is 5.32 Å². The van der Waals surface area contributed by atoms with Crippen LogP contribution in [0.25, 0.3) is 0 Å². The number of hydrogen-bond donors (Lipinski definition) is 1. The SMILES string of the molecule is CCCCCCC(NC)C1CCC(F)(F)CC1. The normalized spacial score (nSPS) is 22.6. The Hall–Kier alpha value is -0.180. The van der Waals surface area contributed by atoms with Gasteiger partial charge in [0.1, 0.15) is 0 Å². The molecule has 17 heavy (non-hydrogen) atoms. The van der Waals surface area contributed by atoms with Crippen LogP contribution in [0.1, 0.15) is 64.7 Å². The van der Waals surface area contributed by atoms with Crippen LogP contribution in [0, 0.1) is 5.92 Å². The zero-order chi connectivity index (χ0) is 12.7. The Kier molecular flexibility index (Phi) is 6.39. The number of unbranched alkanes of at least 4 members (excludes halogenated alkanes) is 3. The van der Waals surface area contributed by atoms with Gasteiger partial charge in [-0.05, 0) is 32.2 Å². The van der Waals surface area contributed by atoms with Gasteiger partial charge in [0.15, 0.2) is 0 Å². The predicted octanol–water partition coefficient (Wildman–Crippen LogP) is 4.37. The van der Waals surface area contributed by atoms with Gasteiger partial charge in [0.2, 0.25) is 5.92 Å². The zero-order valence-corrected chi connectivity index (χ0v) is 11.3. The molecule has 0 aromatic rings. The number of alkyl halides is 2. The second kappa shape index (κ2) is 7.30. The van der Waals surface area contributed by atoms with Crippen LogP contribution >= 0.6 is 0 Å². The molecule has 0 aromatic carbocycles. The minimum atomic E-state index is -2.39. The van der Waals surface area contributed by atoms with Crippen LogP contribution in [0.4, 0.5) is 8.78 Å². The van der Waals surface area contributed by atoms with Gasteiger partial charge in [-0.2, -0.15) is 0 Å². The van der Waals surface area contributed by atoms with Gasteiger partial charge in [0, 0.05) is 18.9 Å². The molecule has 1 saturated carbocycles. The summed E-state index contributed by atoms with van der Waals surface area (Å²) >= 11 is 0. The molecule has 1 N–H and O–H groups in total. The van der Waals surface area contributed by atoms with E-state index in [1.807, 2.05) is 7.05 Å². The quantitative estimate of drug-likeness (QED) is 0.659. The predicted molar refractivity (Wildman–Crippen MR) is 68.5 cm³/mol. The summed E-state index contributed by atoms with van der Waals surface area (Å²) in [5, 5.41) is 3.33. The molecule has 0 heterocycles. The largest absolute Gasteiger partial charge is 0.317 e. The van der Waals surface area contributed by atoms with Crippen LogP contribution in [0.15, 0.2) is 0 Å². The number of rotatable bonds is 7. The van der Waals surface area contributed by atoms with E-state index in [9.17, 15) is 8.78 Å². The summed E-state index contributed by atoms with van der Waals surface area (Å²) in [5.74, 6) is -1.93. The standard InChI is InChI=1S/C14H27F2N/c1-3-4-5-6-7-13(17-2)12-8-10-14(15,16)11-9-12/h12-13,17H,3-11H2,1-2H3. The maximum atomic E-state index is 13.1. The van der Waals surface area contributed by atoms with Crippen LogP contribution in [0.3, 0.4) is 0 Å². The Morgan fingerprint density at radius 2 is 1.82 bits per heavy atom. The summed E-state index contributed by atoms with van der Waals surface area (Å²) in [5.41, 5.74) is 0. The first-order valence-corrected chi connectivity index (χ1v) is 7.14. The minimum Gasteiger partial charge on any atom is -0.317 e. The van der Waals surface area contributed by atoms with Crippen molar-refractivity contribution in [3.63, 3.8) is 0 Å². The highest BCUT2D eigenvalue weighted by atomic mass is 19.3. The van der Waals surface area contributed by atoms with Crippen molar-refractivity contribution < 1.29 is 8.78 Å². The van der Waals surface area contributed by atoms with Crippen LogP contribution in [-0.2, 0) is 0 Å². The highest BCUT2D eigenvalue weighted by Gasteiger charge is 2.36. The maximum absolute atomic E-state index is 13.1. The molecule has 1 unspecified atom stereocenters. The van der Waals surface area contributed by atoms with Crippen molar-refractivity contribution in [3.05, 3.63) is 0 Å². The molecule has 1 rings (SSSR count). The second-order valence-corrected chi connectivity index (χ2v) is 5.44. The number of halogens is 2. The zero-order valence-electron chi connectivity index (χ0n) is 11.3. The maximum Gasteiger partial charge on any atom is 0.248 e. The minimum absolute atomic E-state index is 0.0881. The number of nitrogens with one attached hydrogen (secondary N) is 1. The van der Waals surface area contributed by atoms with E-state index in [1.165, 1.54) is 25.7 Å². The Bertz CT molecular complexity index is 196. The first kappa shape index (κ1) is 14.9. The molecule has 0 aliphatic heterocycles. The van der Waals surface area contributed by atoms with E-state index >= 15 is 0 Å². The monoisotopic (exact) mass is 247 g/mol. The van der Waals surface area contributed by atoms with Gasteiger partial charge in [0.25, 0.3) is 0 Å². The molecule has 1 aliphatic rings. The molecule has 0 spiro atoms. The molecule has 0 saturated heterocycles. The van der Waals surface area contributed by atoms with Crippen molar-refractivity contribution in [2.24, 2.45) is 5.92 Å². The smallest absolute Gasteiger partial charge is 0.248 e. The highest BCUT2D eigenvalue weighted by molar-refractivity contribution is 4.84. The molecule has 0 aromatic heterocycles. The Morgan fingerprint density at radius 3 is 2.35 bits per heavy atom. The molecule has 1 aliphatic carbocycles. The first-order valence-electron chi connectivity index (χ1n) is 7.14. The lowest BCUT2D eigenvalue weighted by Crippen LogP contribution is -2.38. The number of hydrogen-bond acceptors (Lipinski definition) is 1. The van der Waals surface area contributed by atoms with E-state index in [0.29, 0.717) is 24.8 Å². The van der Waals surface area contributed by atoms with Gasteiger partial charge >= 0.3 is 0 Å². The van der Waals surface area contributed by atoms with Crippen LogP contribution in [-0.4, -0.2) is 19.0 Å². The van der Waals surface area contributed by atoms with Gasteiger partial charge in [-0.25, -0.2) is 8.78 Å². The van der Waals surface area contributed by atoms with Crippen molar-refractivity contribution in [1.29, 1.82) is 0 Å². The Balaban J connectivity index is 2.26. The fourth-order valence-electron chi connectivity index (χ4n) is 2.87. The Labute approximate surface area is 104 Å². The summed E-state index contributed by atoms with van der Waals surface area (Å²) in [4.78, 5) is 0. The molecule has 1 fully saturated rings. The lowest BCUT2D eigenvalue weighted by molar-refractivity contribution is -0.0496. The molecule has 1 atom stereocenters. The summed E-state index contributed by atoms with van der Waals surface area (Å²) in [7, 11) is 1.97. The third-order valence-corrected chi connectivity index (χ3v) is 4.07. The van der Waals surface area contributed by atoms with E-state index in [1.54, 1.807) is 0 Å². The molecule has 102 valence electrons. The molecule has 0 amide bonds.